The molecule has 0 fully saturated rings. The summed E-state index contributed by atoms with van der Waals surface area (Å²) in [4.78, 5) is 0. The number of nitrogens with zero attached hydrogens (tertiary/aromatic N) is 2. The minimum atomic E-state index is 0.114. The van der Waals surface area contributed by atoms with Crippen LogP contribution < -0.4 is 5.32 Å². The molecule has 1 heterocycles. The number of aryl methyl sites for hydroxylation is 1. The second-order valence-corrected chi connectivity index (χ2v) is 7.73. The van der Waals surface area contributed by atoms with Gasteiger partial charge in [-0.2, -0.15) is 5.10 Å². The molecule has 0 saturated heterocycles. The number of aromatic nitrogens is 2. The minimum Gasteiger partial charge on any atom is -0.312 e. The van der Waals surface area contributed by atoms with Crippen LogP contribution in [0, 0.1) is 0 Å². The van der Waals surface area contributed by atoms with Crippen molar-refractivity contribution in [3.8, 4) is 0 Å². The molecule has 0 aliphatic rings. The van der Waals surface area contributed by atoms with E-state index < -0.39 is 0 Å². The molecule has 0 bridgehead atoms. The summed E-state index contributed by atoms with van der Waals surface area (Å²) in [6.07, 6.45) is 4.12. The molecule has 0 aliphatic carbocycles. The Kier molecular flexibility index (Phi) is 5.63. The van der Waals surface area contributed by atoms with Crippen molar-refractivity contribution in [2.24, 2.45) is 0 Å². The van der Waals surface area contributed by atoms with Crippen LogP contribution in [0.5, 0.6) is 0 Å². The van der Waals surface area contributed by atoms with Crippen LogP contribution in [0.1, 0.15) is 60.1 Å². The summed E-state index contributed by atoms with van der Waals surface area (Å²) in [5.41, 5.74) is 1.60. The normalized spacial score (nSPS) is 13.0. The molecule has 1 N–H and O–H groups in total. The van der Waals surface area contributed by atoms with Gasteiger partial charge < -0.3 is 5.32 Å². The highest BCUT2D eigenvalue weighted by atomic mass is 79.9. The minimum absolute atomic E-state index is 0.114. The maximum atomic E-state index is 4.48. The maximum Gasteiger partial charge on any atom is 0.0635 e. The molecular formula is C15H28BrN3. The molecule has 0 amide bonds. The second kappa shape index (κ2) is 6.40. The molecule has 0 unspecified atom stereocenters. The van der Waals surface area contributed by atoms with Crippen LogP contribution in [0.4, 0.5) is 0 Å². The van der Waals surface area contributed by atoms with Gasteiger partial charge in [0.2, 0.25) is 0 Å². The van der Waals surface area contributed by atoms with Gasteiger partial charge in [-0.3, -0.25) is 4.68 Å². The first-order chi connectivity index (χ1) is 8.67. The molecule has 0 atom stereocenters. The first kappa shape index (κ1) is 16.7. The third-order valence-electron chi connectivity index (χ3n) is 3.28. The highest BCUT2D eigenvalue weighted by Gasteiger charge is 2.27. The lowest BCUT2D eigenvalue weighted by Crippen LogP contribution is -2.39. The van der Waals surface area contributed by atoms with Crippen molar-refractivity contribution >= 4 is 15.9 Å². The molecule has 1 aromatic rings. The summed E-state index contributed by atoms with van der Waals surface area (Å²) >= 11 is 3.65. The average Bonchev–Trinajstić information content (AvgIpc) is 2.58. The van der Waals surface area contributed by atoms with E-state index in [1.54, 1.807) is 0 Å². The zero-order valence-electron chi connectivity index (χ0n) is 13.2. The van der Waals surface area contributed by atoms with Crippen molar-refractivity contribution in [3.05, 3.63) is 16.4 Å². The van der Waals surface area contributed by atoms with Gasteiger partial charge in [0.05, 0.1) is 16.4 Å². The van der Waals surface area contributed by atoms with Crippen LogP contribution in [-0.4, -0.2) is 21.9 Å². The maximum absolute atomic E-state index is 4.48. The predicted molar refractivity (Wildman–Crippen MR) is 85.6 cm³/mol. The first-order valence-electron chi connectivity index (χ1n) is 7.14. The van der Waals surface area contributed by atoms with Gasteiger partial charge in [-0.15, -0.1) is 0 Å². The fourth-order valence-corrected chi connectivity index (χ4v) is 3.12. The number of nitrogens with one attached hydrogen (secondary N) is 1. The molecule has 1 aromatic heterocycles. The second-order valence-electron chi connectivity index (χ2n) is 6.87. The summed E-state index contributed by atoms with van der Waals surface area (Å²) in [7, 11) is 0. The largest absolute Gasteiger partial charge is 0.312 e. The summed E-state index contributed by atoms with van der Waals surface area (Å²) in [6, 6.07) is 0. The van der Waals surface area contributed by atoms with Gasteiger partial charge in [-0.25, -0.2) is 0 Å². The van der Waals surface area contributed by atoms with Crippen molar-refractivity contribution in [1.29, 1.82) is 0 Å². The summed E-state index contributed by atoms with van der Waals surface area (Å²) < 4.78 is 3.27. The van der Waals surface area contributed by atoms with E-state index in [9.17, 15) is 0 Å². The monoisotopic (exact) mass is 329 g/mol. The van der Waals surface area contributed by atoms with Crippen molar-refractivity contribution in [3.63, 3.8) is 0 Å². The predicted octanol–water partition coefficient (Wildman–Crippen LogP) is 4.11. The van der Waals surface area contributed by atoms with Gasteiger partial charge in [-0.1, -0.05) is 20.8 Å². The van der Waals surface area contributed by atoms with Crippen molar-refractivity contribution in [2.45, 2.75) is 71.9 Å². The lowest BCUT2D eigenvalue weighted by atomic mass is 9.85. The van der Waals surface area contributed by atoms with Crippen LogP contribution in [0.3, 0.4) is 0 Å². The van der Waals surface area contributed by atoms with E-state index in [-0.39, 0.29) is 11.0 Å². The SMILES string of the molecule is CCCn1ncc(Br)c1C(C)(C)CCNC(C)(C)C. The Balaban J connectivity index is 2.78. The van der Waals surface area contributed by atoms with Crippen LogP contribution in [0.2, 0.25) is 0 Å². The van der Waals surface area contributed by atoms with E-state index in [4.69, 9.17) is 0 Å². The molecule has 0 spiro atoms. The Bertz CT molecular complexity index is 402. The fraction of sp³-hybridized carbons (Fsp3) is 0.800. The van der Waals surface area contributed by atoms with Gasteiger partial charge in [0.15, 0.2) is 0 Å². The Hall–Kier alpha value is -0.350. The third kappa shape index (κ3) is 4.92. The third-order valence-corrected chi connectivity index (χ3v) is 3.86. The van der Waals surface area contributed by atoms with E-state index in [1.807, 2.05) is 6.20 Å². The molecule has 0 aromatic carbocycles. The molecule has 0 saturated carbocycles. The lowest BCUT2D eigenvalue weighted by Gasteiger charge is -2.29. The van der Waals surface area contributed by atoms with Crippen LogP contribution in [-0.2, 0) is 12.0 Å². The van der Waals surface area contributed by atoms with Crippen LogP contribution in [0.15, 0.2) is 10.7 Å². The van der Waals surface area contributed by atoms with Gasteiger partial charge in [0.25, 0.3) is 0 Å². The first-order valence-corrected chi connectivity index (χ1v) is 7.93. The Morgan fingerprint density at radius 3 is 2.42 bits per heavy atom. The summed E-state index contributed by atoms with van der Waals surface area (Å²) in [5, 5.41) is 8.04. The molecule has 3 nitrogen and oxygen atoms in total. The molecule has 110 valence electrons. The smallest absolute Gasteiger partial charge is 0.0635 e. The lowest BCUT2D eigenvalue weighted by molar-refractivity contribution is 0.362. The van der Waals surface area contributed by atoms with E-state index in [0.717, 1.165) is 30.4 Å². The van der Waals surface area contributed by atoms with Crippen molar-refractivity contribution in [1.82, 2.24) is 15.1 Å². The molecule has 19 heavy (non-hydrogen) atoms. The van der Waals surface area contributed by atoms with E-state index in [1.165, 1.54) is 5.69 Å². The van der Waals surface area contributed by atoms with Gasteiger partial charge in [-0.05, 0) is 56.1 Å². The summed E-state index contributed by atoms with van der Waals surface area (Å²) in [6.45, 7) is 15.4. The van der Waals surface area contributed by atoms with Crippen LogP contribution in [0.25, 0.3) is 0 Å². The van der Waals surface area contributed by atoms with Gasteiger partial charge in [0.1, 0.15) is 0 Å². The summed E-state index contributed by atoms with van der Waals surface area (Å²) in [5.74, 6) is 0. The van der Waals surface area contributed by atoms with Crippen molar-refractivity contribution < 1.29 is 0 Å². The molecule has 1 rings (SSSR count). The number of hydrogen-bond donors (Lipinski definition) is 1. The molecule has 4 heteroatoms. The molecular weight excluding hydrogens is 302 g/mol. The number of halogens is 1. The van der Waals surface area contributed by atoms with Crippen molar-refractivity contribution in [2.75, 3.05) is 6.54 Å². The fourth-order valence-electron chi connectivity index (χ4n) is 2.28. The molecule has 0 aliphatic heterocycles. The zero-order valence-corrected chi connectivity index (χ0v) is 14.8. The topological polar surface area (TPSA) is 29.9 Å². The standard InChI is InChI=1S/C15H28BrN3/c1-7-10-19-13(12(16)11-18-19)15(5,6)8-9-17-14(2,3)4/h11,17H,7-10H2,1-6H3. The van der Waals surface area contributed by atoms with Gasteiger partial charge in [0, 0.05) is 17.5 Å². The van der Waals surface area contributed by atoms with Gasteiger partial charge >= 0.3 is 0 Å². The average molecular weight is 330 g/mol. The zero-order chi connectivity index (χ0) is 14.7. The Morgan fingerprint density at radius 1 is 1.26 bits per heavy atom. The molecule has 0 radical (unpaired) electrons. The number of rotatable bonds is 6. The van der Waals surface area contributed by atoms with E-state index in [2.05, 4.69) is 72.6 Å². The van der Waals surface area contributed by atoms with E-state index in [0.29, 0.717) is 0 Å². The Labute approximate surface area is 126 Å². The number of hydrogen-bond acceptors (Lipinski definition) is 2. The highest BCUT2D eigenvalue weighted by molar-refractivity contribution is 9.10. The Morgan fingerprint density at radius 2 is 1.89 bits per heavy atom. The quantitative estimate of drug-likeness (QED) is 0.851. The van der Waals surface area contributed by atoms with E-state index >= 15 is 0 Å². The van der Waals surface area contributed by atoms with Crippen LogP contribution >= 0.6 is 15.9 Å². The highest BCUT2D eigenvalue weighted by Crippen LogP contribution is 2.32.